The third kappa shape index (κ3) is 5.47. The molecule has 0 radical (unpaired) electrons. The second kappa shape index (κ2) is 11.5. The van der Waals surface area contributed by atoms with Gasteiger partial charge in [0, 0.05) is 49.4 Å². The fraction of sp³-hybridized carbons (Fsp3) is 0.333. The molecule has 4 rings (SSSR count). The number of ether oxygens (including phenoxy) is 1. The zero-order chi connectivity index (χ0) is 25.7. The van der Waals surface area contributed by atoms with Gasteiger partial charge in [0.15, 0.2) is 0 Å². The zero-order valence-corrected chi connectivity index (χ0v) is 21.2. The molecule has 1 aromatic heterocycles. The van der Waals surface area contributed by atoms with Gasteiger partial charge in [-0.2, -0.15) is 0 Å². The summed E-state index contributed by atoms with van der Waals surface area (Å²) in [5.41, 5.74) is 3.55. The van der Waals surface area contributed by atoms with E-state index in [2.05, 4.69) is 17.5 Å². The Kier molecular flexibility index (Phi) is 8.12. The number of benzene rings is 2. The van der Waals surface area contributed by atoms with E-state index < -0.39 is 4.92 Å². The minimum absolute atomic E-state index is 0.0820. The molecule has 0 saturated heterocycles. The molecular weight excluding hydrogens is 478 g/mol. The van der Waals surface area contributed by atoms with Crippen LogP contribution in [-0.2, 0) is 16.0 Å². The molecule has 0 bridgehead atoms. The predicted molar refractivity (Wildman–Crippen MR) is 138 cm³/mol. The van der Waals surface area contributed by atoms with Gasteiger partial charge in [-0.1, -0.05) is 24.3 Å². The first-order valence-corrected chi connectivity index (χ1v) is 12.7. The van der Waals surface area contributed by atoms with Crippen molar-refractivity contribution >= 4 is 28.8 Å². The Morgan fingerprint density at radius 2 is 1.89 bits per heavy atom. The molecule has 36 heavy (non-hydrogen) atoms. The molecule has 0 saturated carbocycles. The van der Waals surface area contributed by atoms with Crippen LogP contribution >= 0.6 is 11.3 Å². The third-order valence-corrected chi connectivity index (χ3v) is 7.48. The zero-order valence-electron chi connectivity index (χ0n) is 20.4. The van der Waals surface area contributed by atoms with Gasteiger partial charge in [0.25, 0.3) is 11.6 Å². The van der Waals surface area contributed by atoms with Crippen molar-refractivity contribution in [2.24, 2.45) is 0 Å². The van der Waals surface area contributed by atoms with Gasteiger partial charge in [0.1, 0.15) is 6.54 Å². The second-order valence-electron chi connectivity index (χ2n) is 8.77. The van der Waals surface area contributed by atoms with E-state index in [1.54, 1.807) is 18.4 Å². The van der Waals surface area contributed by atoms with Crippen LogP contribution in [0.5, 0.6) is 0 Å². The van der Waals surface area contributed by atoms with E-state index in [1.165, 1.54) is 34.0 Å². The maximum Gasteiger partial charge on any atom is 0.269 e. The topological polar surface area (TPSA) is 93.0 Å². The van der Waals surface area contributed by atoms with Gasteiger partial charge in [0.05, 0.1) is 11.0 Å². The van der Waals surface area contributed by atoms with Gasteiger partial charge >= 0.3 is 0 Å². The van der Waals surface area contributed by atoms with Crippen LogP contribution in [0.3, 0.4) is 0 Å². The minimum atomic E-state index is -0.505. The Labute approximate surface area is 214 Å². The number of fused-ring (bicyclic) bond motifs is 1. The standard InChI is InChI=1S/C27H29N3O5S/c1-19-6-3-4-7-22(19)26-23-13-17-36-24(23)12-15-29(26)25(31)18-28(14-5-16-35-2)27(32)20-8-10-21(11-9-20)30(33)34/h3-4,6-11,13,17,26H,5,12,14-16,18H2,1-2H3. The highest BCUT2D eigenvalue weighted by Gasteiger charge is 2.34. The SMILES string of the molecule is COCCCN(CC(=O)N1CCc2sccc2C1c1ccccc1C)C(=O)c1ccc([N+](=O)[O-])cc1. The van der Waals surface area contributed by atoms with Crippen molar-refractivity contribution in [1.29, 1.82) is 0 Å². The van der Waals surface area contributed by atoms with Gasteiger partial charge in [-0.25, -0.2) is 0 Å². The summed E-state index contributed by atoms with van der Waals surface area (Å²) in [7, 11) is 1.59. The fourth-order valence-electron chi connectivity index (χ4n) is 4.63. The van der Waals surface area contributed by atoms with E-state index in [1.807, 2.05) is 30.0 Å². The first-order chi connectivity index (χ1) is 17.4. The number of nitro groups is 1. The highest BCUT2D eigenvalue weighted by atomic mass is 32.1. The van der Waals surface area contributed by atoms with E-state index in [-0.39, 0.29) is 30.1 Å². The van der Waals surface area contributed by atoms with Crippen molar-refractivity contribution in [1.82, 2.24) is 9.80 Å². The molecule has 1 atom stereocenters. The first-order valence-electron chi connectivity index (χ1n) is 11.8. The summed E-state index contributed by atoms with van der Waals surface area (Å²) < 4.78 is 5.15. The molecule has 0 N–H and O–H groups in total. The first kappa shape index (κ1) is 25.5. The molecule has 1 aliphatic rings. The van der Waals surface area contributed by atoms with E-state index in [0.29, 0.717) is 31.7 Å². The molecule has 8 nitrogen and oxygen atoms in total. The number of hydrogen-bond donors (Lipinski definition) is 0. The lowest BCUT2D eigenvalue weighted by molar-refractivity contribution is -0.384. The van der Waals surface area contributed by atoms with Crippen molar-refractivity contribution in [3.05, 3.63) is 97.2 Å². The summed E-state index contributed by atoms with van der Waals surface area (Å²) in [6.45, 7) is 3.33. The van der Waals surface area contributed by atoms with Gasteiger partial charge in [-0.3, -0.25) is 19.7 Å². The smallest absolute Gasteiger partial charge is 0.269 e. The van der Waals surface area contributed by atoms with Crippen molar-refractivity contribution in [2.75, 3.05) is 33.4 Å². The Morgan fingerprint density at radius 3 is 2.58 bits per heavy atom. The monoisotopic (exact) mass is 507 g/mol. The van der Waals surface area contributed by atoms with Crippen LogP contribution in [-0.4, -0.2) is 59.9 Å². The van der Waals surface area contributed by atoms with Crippen LogP contribution < -0.4 is 0 Å². The summed E-state index contributed by atoms with van der Waals surface area (Å²) >= 11 is 1.71. The maximum atomic E-state index is 13.8. The molecule has 188 valence electrons. The molecule has 0 fully saturated rings. The van der Waals surface area contributed by atoms with Crippen molar-refractivity contribution < 1.29 is 19.2 Å². The van der Waals surface area contributed by atoms with Crippen LogP contribution in [0.15, 0.2) is 60.0 Å². The number of hydrogen-bond acceptors (Lipinski definition) is 6. The van der Waals surface area contributed by atoms with Crippen LogP contribution in [0, 0.1) is 17.0 Å². The predicted octanol–water partition coefficient (Wildman–Crippen LogP) is 4.62. The van der Waals surface area contributed by atoms with E-state index in [9.17, 15) is 19.7 Å². The number of non-ortho nitro benzene ring substituents is 1. The van der Waals surface area contributed by atoms with Crippen molar-refractivity contribution in [2.45, 2.75) is 25.8 Å². The number of amides is 2. The number of methoxy groups -OCH3 is 1. The Morgan fingerprint density at radius 1 is 1.14 bits per heavy atom. The van der Waals surface area contributed by atoms with E-state index >= 15 is 0 Å². The number of carbonyl (C=O) groups is 2. The highest BCUT2D eigenvalue weighted by molar-refractivity contribution is 7.10. The van der Waals surface area contributed by atoms with Crippen molar-refractivity contribution in [3.63, 3.8) is 0 Å². The Balaban J connectivity index is 1.60. The van der Waals surface area contributed by atoms with Gasteiger partial charge in [-0.05, 0) is 60.0 Å². The number of nitrogens with zero attached hydrogens (tertiary/aromatic N) is 3. The van der Waals surface area contributed by atoms with Crippen molar-refractivity contribution in [3.8, 4) is 0 Å². The summed E-state index contributed by atoms with van der Waals surface area (Å²) in [4.78, 5) is 42.3. The molecule has 0 aliphatic carbocycles. The molecule has 1 aliphatic heterocycles. The summed E-state index contributed by atoms with van der Waals surface area (Å²) in [5.74, 6) is -0.470. The Bertz CT molecular complexity index is 1240. The van der Waals surface area contributed by atoms with Crippen LogP contribution in [0.4, 0.5) is 5.69 Å². The average molecular weight is 508 g/mol. The number of nitro benzene ring substituents is 1. The minimum Gasteiger partial charge on any atom is -0.385 e. The lowest BCUT2D eigenvalue weighted by Gasteiger charge is -2.38. The molecular formula is C27H29N3O5S. The van der Waals surface area contributed by atoms with E-state index in [0.717, 1.165) is 23.1 Å². The number of carbonyl (C=O) groups excluding carboxylic acids is 2. The largest absolute Gasteiger partial charge is 0.385 e. The number of rotatable bonds is 9. The second-order valence-corrected chi connectivity index (χ2v) is 9.77. The third-order valence-electron chi connectivity index (χ3n) is 6.48. The lowest BCUT2D eigenvalue weighted by atomic mass is 9.90. The number of aryl methyl sites for hydroxylation is 1. The van der Waals surface area contributed by atoms with Crippen LogP contribution in [0.25, 0.3) is 0 Å². The molecule has 9 heteroatoms. The highest BCUT2D eigenvalue weighted by Crippen LogP contribution is 2.39. The quantitative estimate of drug-likeness (QED) is 0.239. The normalized spacial score (nSPS) is 14.8. The lowest BCUT2D eigenvalue weighted by Crippen LogP contribution is -2.47. The summed E-state index contributed by atoms with van der Waals surface area (Å²) in [6.07, 6.45) is 1.35. The summed E-state index contributed by atoms with van der Waals surface area (Å²) in [6, 6.07) is 15.5. The Hall–Kier alpha value is -3.56. The van der Waals surface area contributed by atoms with Gasteiger partial charge in [0.2, 0.25) is 5.91 Å². The maximum absolute atomic E-state index is 13.8. The molecule has 0 spiro atoms. The summed E-state index contributed by atoms with van der Waals surface area (Å²) in [5, 5.41) is 13.1. The fourth-order valence-corrected chi connectivity index (χ4v) is 5.53. The van der Waals surface area contributed by atoms with Crippen LogP contribution in [0.1, 0.15) is 44.4 Å². The van der Waals surface area contributed by atoms with E-state index in [4.69, 9.17) is 4.74 Å². The molecule has 3 aromatic rings. The molecule has 1 unspecified atom stereocenters. The van der Waals surface area contributed by atoms with Gasteiger partial charge < -0.3 is 14.5 Å². The average Bonchev–Trinajstić information content (AvgIpc) is 3.37. The van der Waals surface area contributed by atoms with Crippen LogP contribution in [0.2, 0.25) is 0 Å². The molecule has 2 amide bonds. The molecule has 2 heterocycles. The van der Waals surface area contributed by atoms with Gasteiger partial charge in [-0.15, -0.1) is 11.3 Å². The molecule has 2 aromatic carbocycles. The number of thiophene rings is 1.